The molecule has 2 heteroatoms. The Bertz CT molecular complexity index is 309. The fourth-order valence-corrected chi connectivity index (χ4v) is 2.25. The Hall–Kier alpha value is -0.690. The SMILES string of the molecule is CCN1CCCc2c(Cl)cccc21. The van der Waals surface area contributed by atoms with Crippen LogP contribution in [0.3, 0.4) is 0 Å². The summed E-state index contributed by atoms with van der Waals surface area (Å²) in [6.07, 6.45) is 2.36. The van der Waals surface area contributed by atoms with Crippen LogP contribution >= 0.6 is 11.6 Å². The molecule has 0 saturated heterocycles. The smallest absolute Gasteiger partial charge is 0.0458 e. The third kappa shape index (κ3) is 1.53. The Morgan fingerprint density at radius 2 is 2.31 bits per heavy atom. The third-order valence-electron chi connectivity index (χ3n) is 2.67. The summed E-state index contributed by atoms with van der Waals surface area (Å²) in [6.45, 7) is 4.44. The fraction of sp³-hybridized carbons (Fsp3) is 0.455. The Kier molecular flexibility index (Phi) is 2.45. The second-order valence-corrected chi connectivity index (χ2v) is 3.83. The highest BCUT2D eigenvalue weighted by molar-refractivity contribution is 6.31. The van der Waals surface area contributed by atoms with E-state index in [1.165, 1.54) is 24.2 Å². The molecule has 2 rings (SSSR count). The second kappa shape index (κ2) is 3.59. The van der Waals surface area contributed by atoms with Gasteiger partial charge < -0.3 is 4.90 Å². The summed E-state index contributed by atoms with van der Waals surface area (Å²) in [5.41, 5.74) is 2.67. The van der Waals surface area contributed by atoms with Crippen LogP contribution in [0.4, 0.5) is 5.69 Å². The normalized spacial score (nSPS) is 15.7. The molecule has 1 nitrogen and oxygen atoms in total. The molecule has 1 aromatic rings. The topological polar surface area (TPSA) is 3.24 Å². The molecule has 0 bridgehead atoms. The minimum atomic E-state index is 0.927. The van der Waals surface area contributed by atoms with Gasteiger partial charge in [-0.3, -0.25) is 0 Å². The Labute approximate surface area is 84.3 Å². The zero-order chi connectivity index (χ0) is 9.26. The summed E-state index contributed by atoms with van der Waals surface area (Å²) >= 11 is 6.14. The van der Waals surface area contributed by atoms with Crippen molar-refractivity contribution in [3.8, 4) is 0 Å². The molecule has 0 saturated carbocycles. The number of hydrogen-bond donors (Lipinski definition) is 0. The molecule has 0 unspecified atom stereocenters. The van der Waals surface area contributed by atoms with Gasteiger partial charge in [0.2, 0.25) is 0 Å². The number of nitrogens with zero attached hydrogens (tertiary/aromatic N) is 1. The molecule has 13 heavy (non-hydrogen) atoms. The zero-order valence-corrected chi connectivity index (χ0v) is 8.64. The summed E-state index contributed by atoms with van der Waals surface area (Å²) < 4.78 is 0. The molecular formula is C11H14ClN. The summed E-state index contributed by atoms with van der Waals surface area (Å²) in [5, 5.41) is 0.927. The van der Waals surface area contributed by atoms with Crippen molar-refractivity contribution in [1.82, 2.24) is 0 Å². The largest absolute Gasteiger partial charge is 0.372 e. The van der Waals surface area contributed by atoms with Crippen molar-refractivity contribution in [2.75, 3.05) is 18.0 Å². The van der Waals surface area contributed by atoms with Crippen molar-refractivity contribution in [3.63, 3.8) is 0 Å². The molecule has 0 aromatic heterocycles. The van der Waals surface area contributed by atoms with Crippen molar-refractivity contribution in [3.05, 3.63) is 28.8 Å². The minimum absolute atomic E-state index is 0.927. The van der Waals surface area contributed by atoms with Crippen molar-refractivity contribution < 1.29 is 0 Å². The van der Waals surface area contributed by atoms with Gasteiger partial charge in [-0.15, -0.1) is 0 Å². The summed E-state index contributed by atoms with van der Waals surface area (Å²) in [6, 6.07) is 6.19. The van der Waals surface area contributed by atoms with E-state index in [0.29, 0.717) is 0 Å². The molecule has 0 radical (unpaired) electrons. The Balaban J connectivity index is 2.45. The molecule has 0 aliphatic carbocycles. The highest BCUT2D eigenvalue weighted by Gasteiger charge is 2.16. The Morgan fingerprint density at radius 3 is 3.08 bits per heavy atom. The first-order valence-electron chi connectivity index (χ1n) is 4.85. The van der Waals surface area contributed by atoms with E-state index in [-0.39, 0.29) is 0 Å². The monoisotopic (exact) mass is 195 g/mol. The van der Waals surface area contributed by atoms with E-state index in [1.54, 1.807) is 0 Å². The van der Waals surface area contributed by atoms with Gasteiger partial charge in [-0.05, 0) is 37.5 Å². The maximum Gasteiger partial charge on any atom is 0.0458 e. The molecule has 1 aliphatic heterocycles. The van der Waals surface area contributed by atoms with Crippen LogP contribution in [-0.4, -0.2) is 13.1 Å². The average Bonchev–Trinajstić information content (AvgIpc) is 2.18. The number of hydrogen-bond acceptors (Lipinski definition) is 1. The molecule has 1 aromatic carbocycles. The van der Waals surface area contributed by atoms with Crippen LogP contribution < -0.4 is 4.90 Å². The van der Waals surface area contributed by atoms with Gasteiger partial charge >= 0.3 is 0 Å². The predicted molar refractivity (Wildman–Crippen MR) is 57.7 cm³/mol. The third-order valence-corrected chi connectivity index (χ3v) is 3.03. The van der Waals surface area contributed by atoms with E-state index in [0.717, 1.165) is 18.0 Å². The molecule has 0 fully saturated rings. The number of anilines is 1. The van der Waals surface area contributed by atoms with Crippen molar-refractivity contribution in [1.29, 1.82) is 0 Å². The van der Waals surface area contributed by atoms with E-state index < -0.39 is 0 Å². The molecule has 70 valence electrons. The van der Waals surface area contributed by atoms with E-state index in [9.17, 15) is 0 Å². The molecule has 0 N–H and O–H groups in total. The van der Waals surface area contributed by atoms with E-state index >= 15 is 0 Å². The van der Waals surface area contributed by atoms with Gasteiger partial charge in [0.05, 0.1) is 0 Å². The maximum absolute atomic E-state index is 6.14. The summed E-state index contributed by atoms with van der Waals surface area (Å²) in [5.74, 6) is 0. The van der Waals surface area contributed by atoms with E-state index in [4.69, 9.17) is 11.6 Å². The minimum Gasteiger partial charge on any atom is -0.372 e. The quantitative estimate of drug-likeness (QED) is 0.666. The Morgan fingerprint density at radius 1 is 1.46 bits per heavy atom. The lowest BCUT2D eigenvalue weighted by Gasteiger charge is -2.30. The van der Waals surface area contributed by atoms with Gasteiger partial charge in [0.15, 0.2) is 0 Å². The van der Waals surface area contributed by atoms with Crippen LogP contribution in [0.25, 0.3) is 0 Å². The van der Waals surface area contributed by atoms with E-state index in [1.807, 2.05) is 12.1 Å². The van der Waals surface area contributed by atoms with E-state index in [2.05, 4.69) is 17.9 Å². The van der Waals surface area contributed by atoms with Crippen molar-refractivity contribution in [2.24, 2.45) is 0 Å². The lowest BCUT2D eigenvalue weighted by atomic mass is 10.0. The average molecular weight is 196 g/mol. The van der Waals surface area contributed by atoms with Crippen molar-refractivity contribution >= 4 is 17.3 Å². The van der Waals surface area contributed by atoms with Crippen LogP contribution in [-0.2, 0) is 6.42 Å². The summed E-state index contributed by atoms with van der Waals surface area (Å²) in [4.78, 5) is 2.39. The van der Waals surface area contributed by atoms with Crippen molar-refractivity contribution in [2.45, 2.75) is 19.8 Å². The van der Waals surface area contributed by atoms with Gasteiger partial charge in [-0.1, -0.05) is 17.7 Å². The van der Waals surface area contributed by atoms with Crippen LogP contribution in [0.15, 0.2) is 18.2 Å². The van der Waals surface area contributed by atoms with Crippen LogP contribution in [0.5, 0.6) is 0 Å². The first kappa shape index (κ1) is 8.89. The van der Waals surface area contributed by atoms with Crippen LogP contribution in [0.1, 0.15) is 18.9 Å². The lowest BCUT2D eigenvalue weighted by Crippen LogP contribution is -2.28. The van der Waals surface area contributed by atoms with Gasteiger partial charge in [0, 0.05) is 23.8 Å². The number of halogens is 1. The summed E-state index contributed by atoms with van der Waals surface area (Å²) in [7, 11) is 0. The number of fused-ring (bicyclic) bond motifs is 1. The fourth-order valence-electron chi connectivity index (χ4n) is 1.99. The van der Waals surface area contributed by atoms with Crippen LogP contribution in [0, 0.1) is 0 Å². The first-order valence-corrected chi connectivity index (χ1v) is 5.23. The maximum atomic E-state index is 6.14. The first-order chi connectivity index (χ1) is 6.33. The van der Waals surface area contributed by atoms with Crippen LogP contribution in [0.2, 0.25) is 5.02 Å². The zero-order valence-electron chi connectivity index (χ0n) is 7.89. The molecule has 0 amide bonds. The second-order valence-electron chi connectivity index (χ2n) is 3.42. The molecule has 1 heterocycles. The highest BCUT2D eigenvalue weighted by Crippen LogP contribution is 2.31. The lowest BCUT2D eigenvalue weighted by molar-refractivity contribution is 0.708. The highest BCUT2D eigenvalue weighted by atomic mass is 35.5. The standard InChI is InChI=1S/C11H14ClN/c1-2-13-8-4-5-9-10(12)6-3-7-11(9)13/h3,6-7H,2,4-5,8H2,1H3. The molecule has 0 spiro atoms. The predicted octanol–water partition coefficient (Wildman–Crippen LogP) is 3.11. The number of benzene rings is 1. The van der Waals surface area contributed by atoms with Gasteiger partial charge in [0.1, 0.15) is 0 Å². The number of rotatable bonds is 1. The van der Waals surface area contributed by atoms with Gasteiger partial charge in [-0.25, -0.2) is 0 Å². The van der Waals surface area contributed by atoms with Gasteiger partial charge in [-0.2, -0.15) is 0 Å². The van der Waals surface area contributed by atoms with Gasteiger partial charge in [0.25, 0.3) is 0 Å². The molecule has 0 atom stereocenters. The molecule has 1 aliphatic rings. The molecular weight excluding hydrogens is 182 g/mol.